The molecule has 0 radical (unpaired) electrons. The Bertz CT molecular complexity index is 514. The zero-order valence-corrected chi connectivity index (χ0v) is 19.0. The van der Waals surface area contributed by atoms with Crippen molar-refractivity contribution in [3.05, 3.63) is 30.3 Å². The second kappa shape index (κ2) is 11.5. The highest BCUT2D eigenvalue weighted by atomic mass is 28.4. The predicted octanol–water partition coefficient (Wildman–Crippen LogP) is 5.70. The average molecular weight is 405 g/mol. The number of rotatable bonds is 10. The Balaban J connectivity index is 1.78. The van der Waals surface area contributed by atoms with Crippen LogP contribution in [0.25, 0.3) is 0 Å². The van der Waals surface area contributed by atoms with Gasteiger partial charge in [-0.25, -0.2) is 0 Å². The molecule has 2 fully saturated rings. The molecule has 0 saturated heterocycles. The van der Waals surface area contributed by atoms with Gasteiger partial charge in [0.2, 0.25) is 0 Å². The van der Waals surface area contributed by atoms with E-state index in [1.807, 2.05) is 19.9 Å². The fraction of sp³-hybridized carbons (Fsp3) is 0.750. The highest BCUT2D eigenvalue weighted by molar-refractivity contribution is 6.75. The lowest BCUT2D eigenvalue weighted by atomic mass is 9.70. The monoisotopic (exact) mass is 404 g/mol. The van der Waals surface area contributed by atoms with Crippen molar-refractivity contribution in [2.24, 2.45) is 17.8 Å². The Labute approximate surface area is 173 Å². The fourth-order valence-electron chi connectivity index (χ4n) is 5.38. The van der Waals surface area contributed by atoms with Gasteiger partial charge in [0.15, 0.2) is 0 Å². The molecule has 2 aliphatic rings. The van der Waals surface area contributed by atoms with Gasteiger partial charge in [-0.15, -0.1) is 0 Å². The van der Waals surface area contributed by atoms with Crippen LogP contribution in [-0.2, 0) is 13.3 Å². The molecule has 1 aromatic rings. The zero-order valence-electron chi connectivity index (χ0n) is 18.0. The largest absolute Gasteiger partial charge is 0.537 e. The van der Waals surface area contributed by atoms with Gasteiger partial charge < -0.3 is 13.3 Å². The Morgan fingerprint density at radius 3 is 1.71 bits per heavy atom. The van der Waals surface area contributed by atoms with Crippen LogP contribution in [0.4, 0.5) is 0 Å². The second-order valence-corrected chi connectivity index (χ2v) is 11.1. The Hall–Kier alpha value is -0.683. The van der Waals surface area contributed by atoms with Gasteiger partial charge in [-0.3, -0.25) is 0 Å². The van der Waals surface area contributed by atoms with Crippen molar-refractivity contribution < 1.29 is 13.3 Å². The van der Waals surface area contributed by atoms with E-state index in [9.17, 15) is 0 Å². The summed E-state index contributed by atoms with van der Waals surface area (Å²) in [5, 5.41) is 1.10. The van der Waals surface area contributed by atoms with Gasteiger partial charge >= 0.3 is 8.80 Å². The molecule has 4 heteroatoms. The highest BCUT2D eigenvalue weighted by Crippen LogP contribution is 2.40. The van der Waals surface area contributed by atoms with Crippen LogP contribution < -0.4 is 5.19 Å². The van der Waals surface area contributed by atoms with Crippen LogP contribution in [0.3, 0.4) is 0 Å². The molecule has 0 unspecified atom stereocenters. The number of hydrogen-bond donors (Lipinski definition) is 0. The first-order valence-electron chi connectivity index (χ1n) is 11.8. The quantitative estimate of drug-likeness (QED) is 0.468. The van der Waals surface area contributed by atoms with E-state index in [2.05, 4.69) is 24.3 Å². The molecule has 158 valence electrons. The minimum absolute atomic E-state index is 0.624. The van der Waals surface area contributed by atoms with Crippen LogP contribution in [0.5, 0.6) is 0 Å². The SMILES string of the molecule is CCO[Si](OCC)(OCC(C1CCCCC1)C1CCCCC1)c1ccccc1. The highest BCUT2D eigenvalue weighted by Gasteiger charge is 2.45. The lowest BCUT2D eigenvalue weighted by molar-refractivity contribution is 0.0291. The van der Waals surface area contributed by atoms with E-state index in [1.54, 1.807) is 0 Å². The Kier molecular flexibility index (Phi) is 9.03. The summed E-state index contributed by atoms with van der Waals surface area (Å²) in [6.07, 6.45) is 13.9. The third-order valence-corrected chi connectivity index (χ3v) is 9.70. The fourth-order valence-corrected chi connectivity index (χ4v) is 7.91. The van der Waals surface area contributed by atoms with Gasteiger partial charge in [-0.05, 0) is 31.6 Å². The molecule has 0 amide bonds. The first-order valence-corrected chi connectivity index (χ1v) is 13.5. The Morgan fingerprint density at radius 2 is 1.25 bits per heavy atom. The van der Waals surface area contributed by atoms with Gasteiger partial charge in [0.1, 0.15) is 0 Å². The van der Waals surface area contributed by atoms with Crippen molar-refractivity contribution >= 4 is 14.0 Å². The van der Waals surface area contributed by atoms with Gasteiger partial charge in [0.25, 0.3) is 0 Å². The minimum Gasteiger partial charge on any atom is -0.370 e. The van der Waals surface area contributed by atoms with E-state index < -0.39 is 8.80 Å². The summed E-state index contributed by atoms with van der Waals surface area (Å²) in [7, 11) is -2.86. The molecule has 0 N–H and O–H groups in total. The zero-order chi connectivity index (χ0) is 19.7. The van der Waals surface area contributed by atoms with Crippen LogP contribution in [-0.4, -0.2) is 28.6 Å². The van der Waals surface area contributed by atoms with Crippen molar-refractivity contribution in [2.45, 2.75) is 78.1 Å². The maximum absolute atomic E-state index is 6.76. The first-order chi connectivity index (χ1) is 13.8. The maximum atomic E-state index is 6.76. The van der Waals surface area contributed by atoms with Gasteiger partial charge in [0.05, 0.1) is 0 Å². The van der Waals surface area contributed by atoms with Crippen LogP contribution in [0, 0.1) is 17.8 Å². The van der Waals surface area contributed by atoms with Gasteiger partial charge in [-0.1, -0.05) is 94.5 Å². The number of hydrogen-bond acceptors (Lipinski definition) is 3. The smallest absolute Gasteiger partial charge is 0.370 e. The molecule has 0 bridgehead atoms. The average Bonchev–Trinajstić information content (AvgIpc) is 2.76. The van der Waals surface area contributed by atoms with Gasteiger partial charge in [-0.2, -0.15) is 0 Å². The summed E-state index contributed by atoms with van der Waals surface area (Å²) in [4.78, 5) is 0. The summed E-state index contributed by atoms with van der Waals surface area (Å²) in [6.45, 7) is 6.15. The van der Waals surface area contributed by atoms with E-state index in [0.717, 1.165) is 23.6 Å². The van der Waals surface area contributed by atoms with Crippen molar-refractivity contribution in [3.8, 4) is 0 Å². The van der Waals surface area contributed by atoms with Crippen LogP contribution >= 0.6 is 0 Å². The van der Waals surface area contributed by atoms with Crippen molar-refractivity contribution in [3.63, 3.8) is 0 Å². The van der Waals surface area contributed by atoms with Crippen molar-refractivity contribution in [1.29, 1.82) is 0 Å². The third-order valence-electron chi connectivity index (χ3n) is 6.77. The summed E-state index contributed by atoms with van der Waals surface area (Å²) >= 11 is 0. The van der Waals surface area contributed by atoms with E-state index in [4.69, 9.17) is 13.3 Å². The van der Waals surface area contributed by atoms with E-state index >= 15 is 0 Å². The summed E-state index contributed by atoms with van der Waals surface area (Å²) in [6, 6.07) is 10.4. The molecule has 0 atom stereocenters. The molecule has 0 aromatic heterocycles. The minimum atomic E-state index is -2.86. The van der Waals surface area contributed by atoms with Crippen LogP contribution in [0.1, 0.15) is 78.1 Å². The topological polar surface area (TPSA) is 27.7 Å². The molecule has 1 aromatic carbocycles. The number of benzene rings is 1. The van der Waals surface area contributed by atoms with Crippen LogP contribution in [0.2, 0.25) is 0 Å². The van der Waals surface area contributed by atoms with E-state index in [-0.39, 0.29) is 0 Å². The molecule has 0 spiro atoms. The lowest BCUT2D eigenvalue weighted by Gasteiger charge is -2.39. The standard InChI is InChI=1S/C24H40O3Si/c1-3-25-28(26-4-2,23-18-12-7-13-19-23)27-20-24(21-14-8-5-9-15-21)22-16-10-6-11-17-22/h7,12-13,18-19,21-22,24H,3-6,8-11,14-17,20H2,1-2H3. The second-order valence-electron chi connectivity index (χ2n) is 8.56. The molecule has 28 heavy (non-hydrogen) atoms. The summed E-state index contributed by atoms with van der Waals surface area (Å²) < 4.78 is 19.3. The summed E-state index contributed by atoms with van der Waals surface area (Å²) in [5.41, 5.74) is 0. The Morgan fingerprint density at radius 1 is 0.750 bits per heavy atom. The molecule has 0 heterocycles. The molecule has 3 rings (SSSR count). The normalized spacial score (nSPS) is 20.0. The first kappa shape index (κ1) is 22.0. The summed E-state index contributed by atoms with van der Waals surface area (Å²) in [5.74, 6) is 2.31. The van der Waals surface area contributed by atoms with Gasteiger partial charge in [0, 0.05) is 25.0 Å². The third kappa shape index (κ3) is 5.68. The van der Waals surface area contributed by atoms with E-state index in [0.29, 0.717) is 19.1 Å². The lowest BCUT2D eigenvalue weighted by Crippen LogP contribution is -2.57. The maximum Gasteiger partial charge on any atom is 0.537 e. The molecular formula is C24H40O3Si. The van der Waals surface area contributed by atoms with E-state index in [1.165, 1.54) is 64.2 Å². The van der Waals surface area contributed by atoms with Crippen LogP contribution in [0.15, 0.2) is 30.3 Å². The molecule has 3 nitrogen and oxygen atoms in total. The molecule has 2 aliphatic carbocycles. The molecular weight excluding hydrogens is 364 g/mol. The van der Waals surface area contributed by atoms with Crippen molar-refractivity contribution in [2.75, 3.05) is 19.8 Å². The molecule has 2 saturated carbocycles. The van der Waals surface area contributed by atoms with Crippen molar-refractivity contribution in [1.82, 2.24) is 0 Å². The molecule has 0 aliphatic heterocycles. The predicted molar refractivity (Wildman–Crippen MR) is 118 cm³/mol.